The van der Waals surface area contributed by atoms with Crippen LogP contribution in [0.4, 0.5) is 5.69 Å². The highest BCUT2D eigenvalue weighted by molar-refractivity contribution is 7.91. The Balaban J connectivity index is 1.51. The third-order valence-corrected chi connectivity index (χ3v) is 8.91. The molecule has 2 N–H and O–H groups in total. The zero-order valence-corrected chi connectivity index (χ0v) is 20.3. The van der Waals surface area contributed by atoms with Gasteiger partial charge in [-0.1, -0.05) is 12.1 Å². The molecule has 1 aromatic carbocycles. The van der Waals surface area contributed by atoms with E-state index in [0.29, 0.717) is 17.7 Å². The number of hydrogen-bond donors (Lipinski definition) is 2. The highest BCUT2D eigenvalue weighted by atomic mass is 32.2. The van der Waals surface area contributed by atoms with Gasteiger partial charge in [0.25, 0.3) is 15.9 Å². The lowest BCUT2D eigenvalue weighted by molar-refractivity contribution is -0.116. The number of benzene rings is 1. The number of carbonyl (C=O) groups is 2. The zero-order chi connectivity index (χ0) is 23.1. The van der Waals surface area contributed by atoms with Crippen molar-refractivity contribution in [3.05, 3.63) is 69.2 Å². The van der Waals surface area contributed by atoms with Crippen LogP contribution in [0.25, 0.3) is 0 Å². The molecule has 2 amide bonds. The predicted octanol–water partition coefficient (Wildman–Crippen LogP) is 3.95. The quantitative estimate of drug-likeness (QED) is 0.449. The van der Waals surface area contributed by atoms with Gasteiger partial charge in [-0.3, -0.25) is 9.59 Å². The molecule has 0 aliphatic carbocycles. The second-order valence-corrected chi connectivity index (χ2v) is 11.8. The van der Waals surface area contributed by atoms with Crippen molar-refractivity contribution >= 4 is 50.2 Å². The Bertz CT molecular complexity index is 1170. The van der Waals surface area contributed by atoms with Crippen molar-refractivity contribution in [2.24, 2.45) is 0 Å². The van der Waals surface area contributed by atoms with Crippen LogP contribution in [0, 0.1) is 0 Å². The summed E-state index contributed by atoms with van der Waals surface area (Å²) in [5, 5.41) is 7.65. The summed E-state index contributed by atoms with van der Waals surface area (Å²) in [5.74, 6) is -0.392. The van der Waals surface area contributed by atoms with Crippen LogP contribution in [0.2, 0.25) is 0 Å². The minimum atomic E-state index is -3.48. The molecular weight excluding hydrogens is 466 g/mol. The minimum Gasteiger partial charge on any atom is -0.347 e. The lowest BCUT2D eigenvalue weighted by Crippen LogP contribution is -2.22. The third kappa shape index (κ3) is 6.49. The Morgan fingerprint density at radius 3 is 2.56 bits per heavy atom. The normalized spacial score (nSPS) is 11.5. The molecule has 32 heavy (non-hydrogen) atoms. The van der Waals surface area contributed by atoms with Crippen LogP contribution >= 0.6 is 22.7 Å². The zero-order valence-electron chi connectivity index (χ0n) is 17.8. The maximum absolute atomic E-state index is 12.5. The van der Waals surface area contributed by atoms with Crippen LogP contribution < -0.4 is 10.6 Å². The number of carbonyl (C=O) groups excluding carboxylic acids is 2. The number of hydrogen-bond acceptors (Lipinski definition) is 6. The molecule has 170 valence electrons. The fourth-order valence-electron chi connectivity index (χ4n) is 2.88. The van der Waals surface area contributed by atoms with E-state index in [1.165, 1.54) is 25.0 Å². The van der Waals surface area contributed by atoms with E-state index in [2.05, 4.69) is 16.7 Å². The van der Waals surface area contributed by atoms with E-state index >= 15 is 0 Å². The van der Waals surface area contributed by atoms with Gasteiger partial charge in [0, 0.05) is 41.5 Å². The molecule has 0 spiro atoms. The first kappa shape index (κ1) is 24.1. The van der Waals surface area contributed by atoms with Crippen molar-refractivity contribution < 1.29 is 18.0 Å². The summed E-state index contributed by atoms with van der Waals surface area (Å²) in [4.78, 5) is 26.7. The fourth-order valence-corrected chi connectivity index (χ4v) is 6.10. The summed E-state index contributed by atoms with van der Waals surface area (Å²) < 4.78 is 25.7. The summed E-state index contributed by atoms with van der Waals surface area (Å²) in [6, 6.07) is 14.0. The van der Waals surface area contributed by atoms with Crippen molar-refractivity contribution in [3.8, 4) is 0 Å². The van der Waals surface area contributed by atoms with Crippen LogP contribution in [-0.2, 0) is 27.8 Å². The molecule has 0 bridgehead atoms. The second kappa shape index (κ2) is 10.9. The molecule has 0 saturated heterocycles. The molecule has 10 heteroatoms. The Hall–Kier alpha value is -2.53. The van der Waals surface area contributed by atoms with Crippen molar-refractivity contribution in [2.45, 2.75) is 30.0 Å². The van der Waals surface area contributed by atoms with Gasteiger partial charge in [-0.15, -0.1) is 22.7 Å². The van der Waals surface area contributed by atoms with E-state index in [1.807, 2.05) is 11.4 Å². The first-order valence-corrected chi connectivity index (χ1v) is 13.1. The number of sulfonamides is 1. The van der Waals surface area contributed by atoms with E-state index in [-0.39, 0.29) is 22.6 Å². The summed E-state index contributed by atoms with van der Waals surface area (Å²) >= 11 is 2.81. The smallest absolute Gasteiger partial charge is 0.252 e. The molecule has 2 heterocycles. The molecule has 0 aliphatic rings. The van der Waals surface area contributed by atoms with E-state index in [4.69, 9.17) is 0 Å². The Labute approximate surface area is 196 Å². The van der Waals surface area contributed by atoms with Gasteiger partial charge in [0.1, 0.15) is 4.21 Å². The first-order valence-electron chi connectivity index (χ1n) is 9.97. The third-order valence-electron chi connectivity index (χ3n) is 4.61. The summed E-state index contributed by atoms with van der Waals surface area (Å²) in [7, 11) is -0.528. The van der Waals surface area contributed by atoms with Crippen LogP contribution in [0.15, 0.2) is 58.1 Å². The number of amides is 2. The van der Waals surface area contributed by atoms with Gasteiger partial charge in [-0.25, -0.2) is 12.7 Å². The van der Waals surface area contributed by atoms with E-state index in [9.17, 15) is 18.0 Å². The molecule has 0 aliphatic heterocycles. The molecule has 0 unspecified atom stereocenters. The summed E-state index contributed by atoms with van der Waals surface area (Å²) in [6.45, 7) is 0.214. The van der Waals surface area contributed by atoms with Gasteiger partial charge in [-0.2, -0.15) is 0 Å². The van der Waals surface area contributed by atoms with Gasteiger partial charge in [0.2, 0.25) is 5.91 Å². The highest BCUT2D eigenvalue weighted by Gasteiger charge is 2.19. The maximum Gasteiger partial charge on any atom is 0.252 e. The van der Waals surface area contributed by atoms with Gasteiger partial charge in [0.05, 0.1) is 6.54 Å². The number of thiophene rings is 2. The van der Waals surface area contributed by atoms with Gasteiger partial charge >= 0.3 is 0 Å². The van der Waals surface area contributed by atoms with Crippen LogP contribution in [-0.4, -0.2) is 38.6 Å². The highest BCUT2D eigenvalue weighted by Crippen LogP contribution is 2.23. The average Bonchev–Trinajstić information content (AvgIpc) is 3.44. The van der Waals surface area contributed by atoms with Crippen molar-refractivity contribution in [1.82, 2.24) is 9.62 Å². The molecule has 3 rings (SSSR count). The van der Waals surface area contributed by atoms with Crippen LogP contribution in [0.3, 0.4) is 0 Å². The first-order chi connectivity index (χ1) is 15.3. The second-order valence-electron chi connectivity index (χ2n) is 7.25. The molecule has 0 radical (unpaired) electrons. The summed E-state index contributed by atoms with van der Waals surface area (Å²) in [6.07, 6.45) is 2.04. The predicted molar refractivity (Wildman–Crippen MR) is 129 cm³/mol. The van der Waals surface area contributed by atoms with E-state index in [1.54, 1.807) is 41.7 Å². The molecule has 3 aromatic rings. The number of aryl methyl sites for hydroxylation is 1. The Kier molecular flexibility index (Phi) is 8.19. The van der Waals surface area contributed by atoms with Crippen molar-refractivity contribution in [2.75, 3.05) is 19.4 Å². The van der Waals surface area contributed by atoms with Crippen LogP contribution in [0.5, 0.6) is 0 Å². The lowest BCUT2D eigenvalue weighted by Gasteiger charge is -2.09. The summed E-state index contributed by atoms with van der Waals surface area (Å²) in [5.41, 5.74) is 0.980. The molecule has 7 nitrogen and oxygen atoms in total. The maximum atomic E-state index is 12.5. The number of rotatable bonds is 10. The monoisotopic (exact) mass is 491 g/mol. The topological polar surface area (TPSA) is 95.6 Å². The standard InChI is InChI=1S/C22H25N3O4S3/c1-25(2)32(28,29)21-12-11-19(31-21)15-23-22(27)16-6-3-7-17(14-16)24-20(26)10-4-8-18-9-5-13-30-18/h3,5-7,9,11-14H,4,8,10,15H2,1-2H3,(H,23,27)(H,24,26). The largest absolute Gasteiger partial charge is 0.347 e. The number of anilines is 1. The van der Waals surface area contributed by atoms with Crippen molar-refractivity contribution in [3.63, 3.8) is 0 Å². The number of nitrogens with zero attached hydrogens (tertiary/aromatic N) is 1. The van der Waals surface area contributed by atoms with Gasteiger partial charge in [-0.05, 0) is 54.6 Å². The molecule has 2 aromatic heterocycles. The van der Waals surface area contributed by atoms with Crippen LogP contribution in [0.1, 0.15) is 33.0 Å². The van der Waals surface area contributed by atoms with Gasteiger partial charge < -0.3 is 10.6 Å². The number of nitrogens with one attached hydrogen (secondary N) is 2. The van der Waals surface area contributed by atoms with Gasteiger partial charge in [0.15, 0.2) is 0 Å². The van der Waals surface area contributed by atoms with E-state index < -0.39 is 10.0 Å². The average molecular weight is 492 g/mol. The fraction of sp³-hybridized carbons (Fsp3) is 0.273. The SMILES string of the molecule is CN(C)S(=O)(=O)c1ccc(CNC(=O)c2cccc(NC(=O)CCCc3cccs3)c2)s1. The molecule has 0 atom stereocenters. The molecular formula is C22H25N3O4S3. The Morgan fingerprint density at radius 2 is 1.84 bits per heavy atom. The molecule has 0 saturated carbocycles. The van der Waals surface area contributed by atoms with Crippen molar-refractivity contribution in [1.29, 1.82) is 0 Å². The lowest BCUT2D eigenvalue weighted by atomic mass is 10.1. The Morgan fingerprint density at radius 1 is 1.03 bits per heavy atom. The minimum absolute atomic E-state index is 0.0904. The molecule has 0 fully saturated rings. The van der Waals surface area contributed by atoms with E-state index in [0.717, 1.165) is 33.4 Å².